The van der Waals surface area contributed by atoms with Crippen LogP contribution in [-0.4, -0.2) is 21.6 Å². The number of rotatable bonds is 3. The van der Waals surface area contributed by atoms with Gasteiger partial charge in [0.25, 0.3) is 0 Å². The average Bonchev–Trinajstić information content (AvgIpc) is 3.12. The molecule has 1 unspecified atom stereocenters. The first-order valence-electron chi connectivity index (χ1n) is 10.5. The molecule has 5 rings (SSSR count). The zero-order valence-corrected chi connectivity index (χ0v) is 18.5. The molecule has 30 heavy (non-hydrogen) atoms. The number of benzene rings is 2. The van der Waals surface area contributed by atoms with Crippen molar-refractivity contribution in [1.29, 1.82) is 0 Å². The van der Waals surface area contributed by atoms with Gasteiger partial charge < -0.3 is 10.1 Å². The highest BCUT2D eigenvalue weighted by atomic mass is 79.9. The van der Waals surface area contributed by atoms with Gasteiger partial charge in [0.2, 0.25) is 5.95 Å². The molecule has 6 heteroatoms. The number of halogens is 1. The molecule has 2 aliphatic rings. The number of hydrogen-bond donors (Lipinski definition) is 1. The molecule has 0 amide bonds. The van der Waals surface area contributed by atoms with Crippen LogP contribution in [0, 0.1) is 0 Å². The van der Waals surface area contributed by atoms with Crippen LogP contribution >= 0.6 is 15.9 Å². The number of nitrogens with zero attached hydrogens (tertiary/aromatic N) is 2. The monoisotopic (exact) mass is 465 g/mol. The van der Waals surface area contributed by atoms with Gasteiger partial charge in [-0.05, 0) is 62.4 Å². The fourth-order valence-electron chi connectivity index (χ4n) is 4.59. The van der Waals surface area contributed by atoms with Crippen LogP contribution in [0.5, 0.6) is 0 Å². The van der Waals surface area contributed by atoms with Crippen LogP contribution in [0.15, 0.2) is 64.3 Å². The molecule has 2 aromatic carbocycles. The zero-order valence-electron chi connectivity index (χ0n) is 16.9. The maximum Gasteiger partial charge on any atom is 0.338 e. The van der Waals surface area contributed by atoms with Crippen LogP contribution in [0.2, 0.25) is 0 Å². The van der Waals surface area contributed by atoms with Gasteiger partial charge in [0.15, 0.2) is 0 Å². The lowest BCUT2D eigenvalue weighted by Crippen LogP contribution is -2.31. The fourth-order valence-corrected chi connectivity index (χ4v) is 4.85. The summed E-state index contributed by atoms with van der Waals surface area (Å²) in [6.45, 7) is 1.94. The van der Waals surface area contributed by atoms with Gasteiger partial charge in [0, 0.05) is 10.2 Å². The number of ether oxygens (including phenoxy) is 1. The standard InChI is InChI=1S/C24H24BrN3O2/c1-15-21(23(29)30-18-7-3-2-4-8-18)22(16-11-13-17(25)14-12-16)28-20-10-6-5-9-19(20)27-24(28)26-15/h5-6,9-14,18,22H,2-4,7-8H2,1H3,(H,26,27). The normalized spacial score (nSPS) is 19.5. The molecule has 1 fully saturated rings. The van der Waals surface area contributed by atoms with E-state index in [4.69, 9.17) is 9.72 Å². The van der Waals surface area contributed by atoms with Gasteiger partial charge in [-0.25, -0.2) is 9.78 Å². The molecule has 1 aromatic heterocycles. The van der Waals surface area contributed by atoms with Crippen molar-refractivity contribution in [1.82, 2.24) is 9.55 Å². The van der Waals surface area contributed by atoms with E-state index in [1.807, 2.05) is 43.3 Å². The third-order valence-corrected chi connectivity index (χ3v) is 6.59. The molecule has 3 aromatic rings. The molecule has 1 N–H and O–H groups in total. The minimum atomic E-state index is -0.294. The minimum absolute atomic E-state index is 0.0121. The van der Waals surface area contributed by atoms with E-state index in [1.165, 1.54) is 6.42 Å². The molecule has 0 spiro atoms. The number of para-hydroxylation sites is 2. The SMILES string of the molecule is CC1=C(C(=O)OC2CCCCC2)C(c2ccc(Br)cc2)n2c(nc3ccccc32)N1. The van der Waals surface area contributed by atoms with Crippen molar-refractivity contribution in [3.05, 3.63) is 69.8 Å². The second-order valence-corrected chi connectivity index (χ2v) is 8.99. The van der Waals surface area contributed by atoms with Crippen LogP contribution in [0.25, 0.3) is 11.0 Å². The molecule has 1 aliphatic heterocycles. The van der Waals surface area contributed by atoms with E-state index in [0.717, 1.165) is 58.4 Å². The molecular formula is C24H24BrN3O2. The van der Waals surface area contributed by atoms with Crippen molar-refractivity contribution in [2.75, 3.05) is 5.32 Å². The Bertz CT molecular complexity index is 1130. The lowest BCUT2D eigenvalue weighted by Gasteiger charge is -2.31. The van der Waals surface area contributed by atoms with Gasteiger partial charge >= 0.3 is 5.97 Å². The summed E-state index contributed by atoms with van der Waals surface area (Å²) in [4.78, 5) is 18.2. The number of carbonyl (C=O) groups excluding carboxylic acids is 1. The molecule has 2 heterocycles. The van der Waals surface area contributed by atoms with Crippen molar-refractivity contribution >= 4 is 38.9 Å². The van der Waals surface area contributed by atoms with Crippen molar-refractivity contribution in [2.24, 2.45) is 0 Å². The van der Waals surface area contributed by atoms with Crippen molar-refractivity contribution < 1.29 is 9.53 Å². The Kier molecular flexibility index (Phi) is 5.11. The Labute approximate surface area is 184 Å². The first-order chi connectivity index (χ1) is 14.6. The van der Waals surface area contributed by atoms with Gasteiger partial charge in [-0.1, -0.05) is 46.6 Å². The van der Waals surface area contributed by atoms with E-state index in [1.54, 1.807) is 0 Å². The fraction of sp³-hybridized carbons (Fsp3) is 0.333. The van der Waals surface area contributed by atoms with E-state index in [0.29, 0.717) is 5.57 Å². The van der Waals surface area contributed by atoms with E-state index in [9.17, 15) is 4.79 Å². The number of allylic oxidation sites excluding steroid dienone is 1. The molecule has 1 atom stereocenters. The Hall–Kier alpha value is -2.60. The lowest BCUT2D eigenvalue weighted by atomic mass is 9.94. The van der Waals surface area contributed by atoms with Gasteiger partial charge in [-0.15, -0.1) is 0 Å². The number of carbonyl (C=O) groups is 1. The van der Waals surface area contributed by atoms with Crippen molar-refractivity contribution in [3.8, 4) is 0 Å². The first kappa shape index (κ1) is 19.4. The third kappa shape index (κ3) is 3.43. The van der Waals surface area contributed by atoms with Gasteiger partial charge in [-0.2, -0.15) is 0 Å². The Morgan fingerprint density at radius 2 is 1.83 bits per heavy atom. The maximum absolute atomic E-state index is 13.4. The minimum Gasteiger partial charge on any atom is -0.459 e. The topological polar surface area (TPSA) is 56.2 Å². The van der Waals surface area contributed by atoms with Crippen molar-refractivity contribution in [3.63, 3.8) is 0 Å². The number of fused-ring (bicyclic) bond motifs is 3. The quantitative estimate of drug-likeness (QED) is 0.484. The average molecular weight is 466 g/mol. The van der Waals surface area contributed by atoms with E-state index < -0.39 is 0 Å². The maximum atomic E-state index is 13.4. The number of anilines is 1. The van der Waals surface area contributed by atoms with Gasteiger partial charge in [-0.3, -0.25) is 4.57 Å². The molecule has 1 saturated carbocycles. The zero-order chi connectivity index (χ0) is 20.7. The second kappa shape index (κ2) is 7.91. The number of aromatic nitrogens is 2. The largest absolute Gasteiger partial charge is 0.459 e. The first-order valence-corrected chi connectivity index (χ1v) is 11.3. The predicted octanol–water partition coefficient (Wildman–Crippen LogP) is 5.96. The molecule has 5 nitrogen and oxygen atoms in total. The number of imidazole rings is 1. The summed E-state index contributed by atoms with van der Waals surface area (Å²) in [6, 6.07) is 15.9. The number of esters is 1. The number of nitrogens with one attached hydrogen (secondary N) is 1. The highest BCUT2D eigenvalue weighted by Gasteiger charge is 2.36. The van der Waals surface area contributed by atoms with E-state index in [-0.39, 0.29) is 18.1 Å². The van der Waals surface area contributed by atoms with Crippen molar-refractivity contribution in [2.45, 2.75) is 51.2 Å². The third-order valence-electron chi connectivity index (χ3n) is 6.06. The molecule has 0 radical (unpaired) electrons. The molecule has 0 saturated heterocycles. The summed E-state index contributed by atoms with van der Waals surface area (Å²) < 4.78 is 9.12. The van der Waals surface area contributed by atoms with Crippen LogP contribution < -0.4 is 5.32 Å². The van der Waals surface area contributed by atoms with E-state index in [2.05, 4.69) is 37.9 Å². The Morgan fingerprint density at radius 1 is 1.10 bits per heavy atom. The van der Waals surface area contributed by atoms with Crippen LogP contribution in [0.4, 0.5) is 5.95 Å². The van der Waals surface area contributed by atoms with E-state index >= 15 is 0 Å². The van der Waals surface area contributed by atoms with Gasteiger partial charge in [0.1, 0.15) is 6.10 Å². The van der Waals surface area contributed by atoms with Crippen LogP contribution in [-0.2, 0) is 9.53 Å². The summed E-state index contributed by atoms with van der Waals surface area (Å²) in [6.07, 6.45) is 5.39. The highest BCUT2D eigenvalue weighted by Crippen LogP contribution is 2.40. The summed E-state index contributed by atoms with van der Waals surface area (Å²) in [7, 11) is 0. The molecular weight excluding hydrogens is 442 g/mol. The molecule has 154 valence electrons. The summed E-state index contributed by atoms with van der Waals surface area (Å²) in [5.41, 5.74) is 4.37. The predicted molar refractivity (Wildman–Crippen MR) is 121 cm³/mol. The molecule has 1 aliphatic carbocycles. The second-order valence-electron chi connectivity index (χ2n) is 8.08. The van der Waals surface area contributed by atoms with Crippen LogP contribution in [0.1, 0.15) is 50.6 Å². The number of hydrogen-bond acceptors (Lipinski definition) is 4. The van der Waals surface area contributed by atoms with Crippen LogP contribution in [0.3, 0.4) is 0 Å². The van der Waals surface area contributed by atoms with Gasteiger partial charge in [0.05, 0.1) is 22.6 Å². The molecule has 0 bridgehead atoms. The smallest absolute Gasteiger partial charge is 0.338 e. The lowest BCUT2D eigenvalue weighted by molar-refractivity contribution is -0.146. The summed E-state index contributed by atoms with van der Waals surface area (Å²) in [5.74, 6) is 0.513. The Balaban J connectivity index is 1.62. The summed E-state index contributed by atoms with van der Waals surface area (Å²) in [5, 5.41) is 3.35. The highest BCUT2D eigenvalue weighted by molar-refractivity contribution is 9.10. The Morgan fingerprint density at radius 3 is 2.60 bits per heavy atom. The summed E-state index contributed by atoms with van der Waals surface area (Å²) >= 11 is 3.52.